The fourth-order valence-electron chi connectivity index (χ4n) is 1.96. The molecule has 5 heteroatoms. The van der Waals surface area contributed by atoms with Gasteiger partial charge in [-0.1, -0.05) is 19.9 Å². The van der Waals surface area contributed by atoms with Crippen molar-refractivity contribution < 1.29 is 14.3 Å². The number of benzene rings is 1. The van der Waals surface area contributed by atoms with E-state index in [1.54, 1.807) is 6.07 Å². The van der Waals surface area contributed by atoms with Crippen LogP contribution in [-0.2, 0) is 9.59 Å². The van der Waals surface area contributed by atoms with Gasteiger partial charge in [-0.3, -0.25) is 9.59 Å². The molecule has 2 rings (SSSR count). The van der Waals surface area contributed by atoms with Crippen LogP contribution in [0.5, 0.6) is 5.75 Å². The number of amides is 2. The molecule has 0 radical (unpaired) electrons. The molecule has 2 amide bonds. The predicted molar refractivity (Wildman–Crippen MR) is 76.5 cm³/mol. The van der Waals surface area contributed by atoms with Crippen LogP contribution >= 0.6 is 0 Å². The van der Waals surface area contributed by atoms with Gasteiger partial charge in [-0.15, -0.1) is 0 Å². The molecule has 1 fully saturated rings. The fraction of sp³-hybridized carbons (Fsp3) is 0.467. The number of hydrogen-bond acceptors (Lipinski definition) is 3. The molecule has 1 aliphatic heterocycles. The molecular weight excluding hydrogens is 256 g/mol. The quantitative estimate of drug-likeness (QED) is 0.861. The summed E-state index contributed by atoms with van der Waals surface area (Å²) in [4.78, 5) is 23.1. The average molecular weight is 276 g/mol. The van der Waals surface area contributed by atoms with Crippen LogP contribution in [0.25, 0.3) is 0 Å². The Hall–Kier alpha value is -2.04. The van der Waals surface area contributed by atoms with E-state index in [0.29, 0.717) is 24.8 Å². The van der Waals surface area contributed by atoms with E-state index in [9.17, 15) is 9.59 Å². The zero-order chi connectivity index (χ0) is 14.5. The maximum Gasteiger partial charge on any atom is 0.229 e. The number of rotatable bonds is 5. The summed E-state index contributed by atoms with van der Waals surface area (Å²) in [5.41, 5.74) is 0.690. The molecule has 20 heavy (non-hydrogen) atoms. The van der Waals surface area contributed by atoms with E-state index >= 15 is 0 Å². The minimum absolute atomic E-state index is 0.0702. The zero-order valence-electron chi connectivity index (χ0n) is 11.8. The third-order valence-electron chi connectivity index (χ3n) is 3.03. The van der Waals surface area contributed by atoms with Crippen LogP contribution < -0.4 is 15.4 Å². The van der Waals surface area contributed by atoms with Gasteiger partial charge in [0, 0.05) is 24.7 Å². The lowest BCUT2D eigenvalue weighted by molar-refractivity contribution is -0.123. The fourth-order valence-corrected chi connectivity index (χ4v) is 1.96. The minimum Gasteiger partial charge on any atom is -0.493 e. The third-order valence-corrected chi connectivity index (χ3v) is 3.03. The molecule has 0 saturated carbocycles. The van der Waals surface area contributed by atoms with E-state index in [4.69, 9.17) is 4.74 Å². The average Bonchev–Trinajstić information content (AvgIpc) is 2.84. The van der Waals surface area contributed by atoms with E-state index in [2.05, 4.69) is 24.5 Å². The van der Waals surface area contributed by atoms with Crippen LogP contribution in [0.3, 0.4) is 0 Å². The highest BCUT2D eigenvalue weighted by Gasteiger charge is 2.27. The molecule has 1 aromatic carbocycles. The van der Waals surface area contributed by atoms with Crippen LogP contribution in [-0.4, -0.2) is 25.0 Å². The molecule has 2 N–H and O–H groups in total. The molecule has 5 nitrogen and oxygen atoms in total. The third kappa shape index (κ3) is 3.98. The summed E-state index contributed by atoms with van der Waals surface area (Å²) in [6.45, 7) is 5.21. The first-order valence-electron chi connectivity index (χ1n) is 6.85. The van der Waals surface area contributed by atoms with Crippen molar-refractivity contribution in [2.45, 2.75) is 20.3 Å². The first kappa shape index (κ1) is 14.4. The van der Waals surface area contributed by atoms with Crippen molar-refractivity contribution in [3.05, 3.63) is 24.3 Å². The second-order valence-corrected chi connectivity index (χ2v) is 5.43. The first-order chi connectivity index (χ1) is 9.54. The first-order valence-corrected chi connectivity index (χ1v) is 6.85. The molecule has 0 bridgehead atoms. The van der Waals surface area contributed by atoms with Gasteiger partial charge in [0.05, 0.1) is 12.5 Å². The van der Waals surface area contributed by atoms with E-state index < -0.39 is 0 Å². The van der Waals surface area contributed by atoms with Gasteiger partial charge < -0.3 is 15.4 Å². The lowest BCUT2D eigenvalue weighted by atomic mass is 10.1. The monoisotopic (exact) mass is 276 g/mol. The van der Waals surface area contributed by atoms with Crippen molar-refractivity contribution in [1.82, 2.24) is 5.32 Å². The maximum absolute atomic E-state index is 12.0. The summed E-state index contributed by atoms with van der Waals surface area (Å²) in [6, 6.07) is 7.30. The lowest BCUT2D eigenvalue weighted by Gasteiger charge is -2.12. The van der Waals surface area contributed by atoms with Crippen molar-refractivity contribution in [1.29, 1.82) is 0 Å². The van der Waals surface area contributed by atoms with Gasteiger partial charge in [-0.05, 0) is 18.1 Å². The van der Waals surface area contributed by atoms with Gasteiger partial charge in [0.2, 0.25) is 11.8 Å². The Bertz CT molecular complexity index is 500. The number of carbonyl (C=O) groups excluding carboxylic acids is 2. The number of nitrogens with one attached hydrogen (secondary N) is 2. The largest absolute Gasteiger partial charge is 0.493 e. The number of anilines is 1. The van der Waals surface area contributed by atoms with Gasteiger partial charge in [-0.25, -0.2) is 0 Å². The SMILES string of the molecule is CC(C)COc1cccc(NC(=O)C2CNC(=O)C2)c1. The molecule has 0 aliphatic carbocycles. The highest BCUT2D eigenvalue weighted by Crippen LogP contribution is 2.19. The molecule has 1 heterocycles. The van der Waals surface area contributed by atoms with Crippen molar-refractivity contribution in [3.63, 3.8) is 0 Å². The van der Waals surface area contributed by atoms with E-state index in [1.165, 1.54) is 0 Å². The Kier molecular flexibility index (Phi) is 4.61. The number of carbonyl (C=O) groups is 2. The minimum atomic E-state index is -0.289. The van der Waals surface area contributed by atoms with Crippen molar-refractivity contribution in [3.8, 4) is 5.75 Å². The van der Waals surface area contributed by atoms with Gasteiger partial charge >= 0.3 is 0 Å². The summed E-state index contributed by atoms with van der Waals surface area (Å²) in [5, 5.41) is 5.48. The second kappa shape index (κ2) is 6.41. The summed E-state index contributed by atoms with van der Waals surface area (Å²) < 4.78 is 5.61. The van der Waals surface area contributed by atoms with Gasteiger partial charge in [0.1, 0.15) is 5.75 Å². The Morgan fingerprint density at radius 2 is 2.30 bits per heavy atom. The van der Waals surface area contributed by atoms with Gasteiger partial charge in [0.25, 0.3) is 0 Å². The lowest BCUT2D eigenvalue weighted by Crippen LogP contribution is -2.24. The summed E-state index contributed by atoms with van der Waals surface area (Å²) in [6.07, 6.45) is 0.259. The van der Waals surface area contributed by atoms with Crippen LogP contribution in [0.4, 0.5) is 5.69 Å². The van der Waals surface area contributed by atoms with Crippen LogP contribution in [0.2, 0.25) is 0 Å². The van der Waals surface area contributed by atoms with E-state index in [-0.39, 0.29) is 24.2 Å². The van der Waals surface area contributed by atoms with Crippen LogP contribution in [0, 0.1) is 11.8 Å². The van der Waals surface area contributed by atoms with Crippen molar-refractivity contribution in [2.75, 3.05) is 18.5 Å². The van der Waals surface area contributed by atoms with Crippen LogP contribution in [0.1, 0.15) is 20.3 Å². The summed E-state index contributed by atoms with van der Waals surface area (Å²) in [7, 11) is 0. The molecule has 1 unspecified atom stereocenters. The highest BCUT2D eigenvalue weighted by atomic mass is 16.5. The molecule has 1 aliphatic rings. The topological polar surface area (TPSA) is 67.4 Å². The number of ether oxygens (including phenoxy) is 1. The van der Waals surface area contributed by atoms with Crippen molar-refractivity contribution in [2.24, 2.45) is 11.8 Å². The molecule has 108 valence electrons. The Balaban J connectivity index is 1.93. The van der Waals surface area contributed by atoms with Crippen LogP contribution in [0.15, 0.2) is 24.3 Å². The van der Waals surface area contributed by atoms with Gasteiger partial charge in [0.15, 0.2) is 0 Å². The smallest absolute Gasteiger partial charge is 0.229 e. The standard InChI is InChI=1S/C15H20N2O3/c1-10(2)9-20-13-5-3-4-12(7-13)17-15(19)11-6-14(18)16-8-11/h3-5,7,10-11H,6,8-9H2,1-2H3,(H,16,18)(H,17,19). The maximum atomic E-state index is 12.0. The summed E-state index contributed by atoms with van der Waals surface area (Å²) in [5.74, 6) is 0.687. The highest BCUT2D eigenvalue weighted by molar-refractivity contribution is 5.97. The Labute approximate surface area is 118 Å². The Morgan fingerprint density at radius 3 is 2.95 bits per heavy atom. The van der Waals surface area contributed by atoms with E-state index in [0.717, 1.165) is 5.75 Å². The molecular formula is C15H20N2O3. The predicted octanol–water partition coefficient (Wildman–Crippen LogP) is 1.80. The zero-order valence-corrected chi connectivity index (χ0v) is 11.8. The van der Waals surface area contributed by atoms with Crippen molar-refractivity contribution >= 4 is 17.5 Å². The summed E-state index contributed by atoms with van der Waals surface area (Å²) >= 11 is 0. The Morgan fingerprint density at radius 1 is 1.50 bits per heavy atom. The molecule has 0 aromatic heterocycles. The molecule has 0 spiro atoms. The molecule has 1 saturated heterocycles. The second-order valence-electron chi connectivity index (χ2n) is 5.43. The molecule has 1 atom stereocenters. The molecule has 1 aromatic rings. The van der Waals surface area contributed by atoms with Gasteiger partial charge in [-0.2, -0.15) is 0 Å². The normalized spacial score (nSPS) is 17.9. The number of hydrogen-bond donors (Lipinski definition) is 2. The van der Waals surface area contributed by atoms with E-state index in [1.807, 2.05) is 18.2 Å².